The highest BCUT2D eigenvalue weighted by atomic mass is 16.3. The molecule has 1 aromatic carbocycles. The van der Waals surface area contributed by atoms with Crippen LogP contribution >= 0.6 is 0 Å². The number of phenols is 4. The molecule has 0 aliphatic heterocycles. The summed E-state index contributed by atoms with van der Waals surface area (Å²) in [5, 5.41) is 36.4. The lowest BCUT2D eigenvalue weighted by Gasteiger charge is -2.07. The highest BCUT2D eigenvalue weighted by molar-refractivity contribution is 5.60. The van der Waals surface area contributed by atoms with Crippen molar-refractivity contribution in [1.82, 2.24) is 0 Å². The van der Waals surface area contributed by atoms with Crippen LogP contribution in [0, 0.1) is 0 Å². The number of benzene rings is 1. The monoisotopic (exact) mass is 182 g/mol. The van der Waals surface area contributed by atoms with Crippen molar-refractivity contribution in [2.24, 2.45) is 0 Å². The van der Waals surface area contributed by atoms with Crippen molar-refractivity contribution in [3.05, 3.63) is 24.3 Å². The van der Waals surface area contributed by atoms with E-state index in [-0.39, 0.29) is 0 Å². The second-order valence-electron chi connectivity index (χ2n) is 2.59. The van der Waals surface area contributed by atoms with Gasteiger partial charge in [0.15, 0.2) is 11.5 Å². The van der Waals surface area contributed by atoms with Gasteiger partial charge in [-0.1, -0.05) is 6.08 Å². The van der Waals surface area contributed by atoms with E-state index in [0.29, 0.717) is 12.0 Å². The first-order valence-electron chi connectivity index (χ1n) is 3.64. The standard InChI is InChI=1S/C9H10O4/c1-2-3-5-4-6(10)8(12)9(13)7(5)11/h2,4,10-13H,1,3H2. The molecule has 0 heterocycles. The van der Waals surface area contributed by atoms with Gasteiger partial charge < -0.3 is 20.4 Å². The van der Waals surface area contributed by atoms with E-state index >= 15 is 0 Å². The third-order valence-corrected chi connectivity index (χ3v) is 1.67. The van der Waals surface area contributed by atoms with E-state index in [1.807, 2.05) is 0 Å². The van der Waals surface area contributed by atoms with Crippen LogP contribution in [0.15, 0.2) is 18.7 Å². The van der Waals surface area contributed by atoms with Crippen molar-refractivity contribution in [2.45, 2.75) is 6.42 Å². The number of allylic oxidation sites excluding steroid dienone is 1. The number of hydrogen-bond acceptors (Lipinski definition) is 4. The molecule has 4 nitrogen and oxygen atoms in total. The summed E-state index contributed by atoms with van der Waals surface area (Å²) in [7, 11) is 0. The molecule has 0 aliphatic carbocycles. The molecule has 1 rings (SSSR count). The number of hydrogen-bond donors (Lipinski definition) is 4. The topological polar surface area (TPSA) is 80.9 Å². The van der Waals surface area contributed by atoms with E-state index in [1.165, 1.54) is 12.1 Å². The summed E-state index contributed by atoms with van der Waals surface area (Å²) >= 11 is 0. The first kappa shape index (κ1) is 9.25. The number of rotatable bonds is 2. The van der Waals surface area contributed by atoms with E-state index in [1.54, 1.807) is 0 Å². The molecule has 4 heteroatoms. The third-order valence-electron chi connectivity index (χ3n) is 1.67. The fourth-order valence-corrected chi connectivity index (χ4v) is 0.998. The Bertz CT molecular complexity index is 344. The maximum Gasteiger partial charge on any atom is 0.204 e. The molecule has 0 atom stereocenters. The van der Waals surface area contributed by atoms with E-state index in [0.717, 1.165) is 0 Å². The summed E-state index contributed by atoms with van der Waals surface area (Å²) in [4.78, 5) is 0. The van der Waals surface area contributed by atoms with Gasteiger partial charge in [0, 0.05) is 5.56 Å². The van der Waals surface area contributed by atoms with Crippen LogP contribution in [0.5, 0.6) is 23.0 Å². The van der Waals surface area contributed by atoms with E-state index in [2.05, 4.69) is 6.58 Å². The summed E-state index contributed by atoms with van der Waals surface area (Å²) < 4.78 is 0. The van der Waals surface area contributed by atoms with Crippen LogP contribution in [0.1, 0.15) is 5.56 Å². The van der Waals surface area contributed by atoms with E-state index in [4.69, 9.17) is 15.3 Å². The van der Waals surface area contributed by atoms with E-state index in [9.17, 15) is 5.11 Å². The smallest absolute Gasteiger partial charge is 0.204 e. The molecule has 0 amide bonds. The van der Waals surface area contributed by atoms with Crippen LogP contribution < -0.4 is 0 Å². The van der Waals surface area contributed by atoms with Crippen molar-refractivity contribution < 1.29 is 20.4 Å². The maximum atomic E-state index is 9.27. The molecule has 0 fully saturated rings. The van der Waals surface area contributed by atoms with Crippen LogP contribution in [0.3, 0.4) is 0 Å². The van der Waals surface area contributed by atoms with Gasteiger partial charge in [-0.15, -0.1) is 6.58 Å². The molecule has 1 aromatic rings. The summed E-state index contributed by atoms with van der Waals surface area (Å²) in [5.74, 6) is -2.33. The van der Waals surface area contributed by atoms with Gasteiger partial charge in [0.25, 0.3) is 0 Å². The van der Waals surface area contributed by atoms with Crippen LogP contribution in [-0.2, 0) is 6.42 Å². The van der Waals surface area contributed by atoms with Gasteiger partial charge in [0.2, 0.25) is 11.5 Å². The first-order valence-corrected chi connectivity index (χ1v) is 3.64. The summed E-state index contributed by atoms with van der Waals surface area (Å²) in [5.41, 5.74) is 0.308. The third kappa shape index (κ3) is 1.51. The number of phenolic OH excluding ortho intramolecular Hbond substituents is 4. The minimum Gasteiger partial charge on any atom is -0.504 e. The van der Waals surface area contributed by atoms with Crippen LogP contribution in [0.25, 0.3) is 0 Å². The average molecular weight is 182 g/mol. The Hall–Kier alpha value is -1.84. The lowest BCUT2D eigenvalue weighted by Crippen LogP contribution is -1.84. The molecule has 0 bridgehead atoms. The molecule has 4 N–H and O–H groups in total. The van der Waals surface area contributed by atoms with Crippen LogP contribution in [-0.4, -0.2) is 20.4 Å². The zero-order chi connectivity index (χ0) is 10.0. The van der Waals surface area contributed by atoms with Crippen molar-refractivity contribution in [1.29, 1.82) is 0 Å². The SMILES string of the molecule is C=CCc1cc(O)c(O)c(O)c1O. The summed E-state index contributed by atoms with van der Waals surface area (Å²) in [6, 6.07) is 1.17. The average Bonchev–Trinajstić information content (AvgIpc) is 2.11. The minimum absolute atomic E-state index is 0.299. The maximum absolute atomic E-state index is 9.27. The highest BCUT2D eigenvalue weighted by Gasteiger charge is 2.14. The molecular weight excluding hydrogens is 172 g/mol. The lowest BCUT2D eigenvalue weighted by atomic mass is 10.1. The Morgan fingerprint density at radius 2 is 1.69 bits per heavy atom. The molecular formula is C9H10O4. The van der Waals surface area contributed by atoms with Gasteiger partial charge in [-0.2, -0.15) is 0 Å². The predicted molar refractivity (Wildman–Crippen MR) is 47.0 cm³/mol. The zero-order valence-electron chi connectivity index (χ0n) is 6.86. The van der Waals surface area contributed by atoms with Gasteiger partial charge in [0.05, 0.1) is 0 Å². The van der Waals surface area contributed by atoms with Crippen molar-refractivity contribution in [3.63, 3.8) is 0 Å². The lowest BCUT2D eigenvalue weighted by molar-refractivity contribution is 0.344. The molecule has 0 radical (unpaired) electrons. The highest BCUT2D eigenvalue weighted by Crippen LogP contribution is 2.43. The second-order valence-corrected chi connectivity index (χ2v) is 2.59. The van der Waals surface area contributed by atoms with Crippen molar-refractivity contribution in [2.75, 3.05) is 0 Å². The van der Waals surface area contributed by atoms with Crippen LogP contribution in [0.2, 0.25) is 0 Å². The first-order chi connectivity index (χ1) is 6.07. The van der Waals surface area contributed by atoms with Gasteiger partial charge in [-0.25, -0.2) is 0 Å². The van der Waals surface area contributed by atoms with Gasteiger partial charge >= 0.3 is 0 Å². The van der Waals surface area contributed by atoms with Crippen molar-refractivity contribution in [3.8, 4) is 23.0 Å². The fourth-order valence-electron chi connectivity index (χ4n) is 0.998. The van der Waals surface area contributed by atoms with Gasteiger partial charge in [-0.3, -0.25) is 0 Å². The molecule has 13 heavy (non-hydrogen) atoms. The number of aromatic hydroxyl groups is 4. The molecule has 0 aromatic heterocycles. The quantitative estimate of drug-likeness (QED) is 0.315. The molecule has 0 unspecified atom stereocenters. The molecule has 0 aliphatic rings. The Morgan fingerprint density at radius 1 is 1.08 bits per heavy atom. The van der Waals surface area contributed by atoms with Gasteiger partial charge in [-0.05, 0) is 12.5 Å². The molecule has 70 valence electrons. The Morgan fingerprint density at radius 3 is 2.23 bits per heavy atom. The Balaban J connectivity index is 3.31. The fraction of sp³-hybridized carbons (Fsp3) is 0.111. The van der Waals surface area contributed by atoms with E-state index < -0.39 is 23.0 Å². The predicted octanol–water partition coefficient (Wildman–Crippen LogP) is 1.24. The molecule has 0 saturated heterocycles. The normalized spacial score (nSPS) is 9.85. The van der Waals surface area contributed by atoms with Crippen LogP contribution in [0.4, 0.5) is 0 Å². The summed E-state index contributed by atoms with van der Waals surface area (Å²) in [6.07, 6.45) is 1.80. The summed E-state index contributed by atoms with van der Waals surface area (Å²) in [6.45, 7) is 3.44. The molecule has 0 spiro atoms. The Labute approximate surface area is 75.0 Å². The zero-order valence-corrected chi connectivity index (χ0v) is 6.86. The van der Waals surface area contributed by atoms with Gasteiger partial charge in [0.1, 0.15) is 0 Å². The van der Waals surface area contributed by atoms with Crippen molar-refractivity contribution >= 4 is 0 Å². The largest absolute Gasteiger partial charge is 0.504 e. The minimum atomic E-state index is -0.717. The molecule has 0 saturated carbocycles. The second kappa shape index (κ2) is 3.26. The Kier molecular flexibility index (Phi) is 2.32.